The van der Waals surface area contributed by atoms with Gasteiger partial charge in [0, 0.05) is 11.1 Å². The van der Waals surface area contributed by atoms with E-state index >= 15 is 0 Å². The van der Waals surface area contributed by atoms with Crippen LogP contribution < -0.4 is 10.6 Å². The second kappa shape index (κ2) is 3.90. The number of hydrogen-bond donors (Lipinski definition) is 2. The molecule has 0 bridgehead atoms. The minimum atomic E-state index is -0.145. The third kappa shape index (κ3) is 4.34. The number of carbonyl (C=O) groups is 1. The molecule has 0 aliphatic heterocycles. The maximum Gasteiger partial charge on any atom is 0.207 e. The van der Waals surface area contributed by atoms with Gasteiger partial charge in [0.05, 0.1) is 0 Å². The van der Waals surface area contributed by atoms with Crippen LogP contribution in [0.25, 0.3) is 0 Å². The molecule has 0 saturated heterocycles. The van der Waals surface area contributed by atoms with E-state index in [2.05, 4.69) is 24.5 Å². The predicted octanol–water partition coefficient (Wildman–Crippen LogP) is 0.899. The zero-order valence-corrected chi connectivity index (χ0v) is 8.69. The van der Waals surface area contributed by atoms with Gasteiger partial charge in [0.15, 0.2) is 0 Å². The molecular weight excluding hydrogens is 152 g/mol. The van der Waals surface area contributed by atoms with Gasteiger partial charge in [-0.3, -0.25) is 4.79 Å². The van der Waals surface area contributed by atoms with Gasteiger partial charge in [-0.2, -0.15) is 0 Å². The topological polar surface area (TPSA) is 41.1 Å². The molecule has 0 aromatic carbocycles. The van der Waals surface area contributed by atoms with E-state index in [0.29, 0.717) is 0 Å². The van der Waals surface area contributed by atoms with E-state index in [0.717, 1.165) is 12.8 Å². The highest BCUT2D eigenvalue weighted by Crippen LogP contribution is 2.18. The fraction of sp³-hybridized carbons (Fsp3) is 0.889. The molecule has 1 amide bonds. The van der Waals surface area contributed by atoms with Crippen molar-refractivity contribution in [2.45, 2.75) is 45.2 Å². The molecule has 0 rings (SSSR count). The molecule has 3 nitrogen and oxygen atoms in total. The van der Waals surface area contributed by atoms with Gasteiger partial charge in [0.1, 0.15) is 0 Å². The van der Waals surface area contributed by atoms with E-state index in [1.165, 1.54) is 0 Å². The summed E-state index contributed by atoms with van der Waals surface area (Å²) in [6.07, 6.45) is 1.65. The predicted molar refractivity (Wildman–Crippen MR) is 51.0 cm³/mol. The van der Waals surface area contributed by atoms with Gasteiger partial charge in [0.2, 0.25) is 6.41 Å². The maximum absolute atomic E-state index is 10.3. The fourth-order valence-corrected chi connectivity index (χ4v) is 1.40. The second-order valence-corrected chi connectivity index (χ2v) is 4.46. The fourth-order valence-electron chi connectivity index (χ4n) is 1.40. The van der Waals surface area contributed by atoms with Crippen LogP contribution in [0.3, 0.4) is 0 Å². The summed E-state index contributed by atoms with van der Waals surface area (Å²) in [6, 6.07) is 0. The van der Waals surface area contributed by atoms with Crippen LogP contribution in [0.2, 0.25) is 0 Å². The smallest absolute Gasteiger partial charge is 0.207 e. The van der Waals surface area contributed by atoms with Crippen molar-refractivity contribution in [3.8, 4) is 0 Å². The molecule has 0 aliphatic carbocycles. The highest BCUT2D eigenvalue weighted by molar-refractivity contribution is 5.47. The Morgan fingerprint density at radius 1 is 1.17 bits per heavy atom. The van der Waals surface area contributed by atoms with Crippen molar-refractivity contribution in [2.24, 2.45) is 0 Å². The van der Waals surface area contributed by atoms with Gasteiger partial charge in [-0.05, 0) is 41.2 Å². The molecule has 2 N–H and O–H groups in total. The molecule has 0 spiro atoms. The van der Waals surface area contributed by atoms with Gasteiger partial charge in [0.25, 0.3) is 0 Å². The van der Waals surface area contributed by atoms with Crippen molar-refractivity contribution in [1.29, 1.82) is 0 Å². The summed E-state index contributed by atoms with van der Waals surface area (Å²) in [4.78, 5) is 10.3. The van der Waals surface area contributed by atoms with E-state index in [1.807, 2.05) is 20.9 Å². The molecule has 12 heavy (non-hydrogen) atoms. The van der Waals surface area contributed by atoms with Crippen LogP contribution in [0, 0.1) is 0 Å². The first-order valence-electron chi connectivity index (χ1n) is 4.23. The first-order valence-corrected chi connectivity index (χ1v) is 4.23. The Morgan fingerprint density at radius 3 is 2.00 bits per heavy atom. The van der Waals surface area contributed by atoms with E-state index in [-0.39, 0.29) is 11.1 Å². The molecule has 0 aromatic heterocycles. The Balaban J connectivity index is 4.12. The van der Waals surface area contributed by atoms with Crippen LogP contribution in [-0.4, -0.2) is 24.5 Å². The Kier molecular flexibility index (Phi) is 3.71. The summed E-state index contributed by atoms with van der Waals surface area (Å²) in [5.74, 6) is 0. The number of carbonyl (C=O) groups excluding carboxylic acids is 1. The Bertz CT molecular complexity index is 153. The van der Waals surface area contributed by atoms with Gasteiger partial charge < -0.3 is 10.6 Å². The molecule has 3 heteroatoms. The third-order valence-electron chi connectivity index (χ3n) is 2.01. The average molecular weight is 172 g/mol. The van der Waals surface area contributed by atoms with E-state index < -0.39 is 0 Å². The van der Waals surface area contributed by atoms with Crippen LogP contribution in [0.1, 0.15) is 34.1 Å². The molecule has 0 fully saturated rings. The summed E-state index contributed by atoms with van der Waals surface area (Å²) in [5, 5.41) is 5.99. The van der Waals surface area contributed by atoms with Crippen molar-refractivity contribution in [2.75, 3.05) is 7.05 Å². The van der Waals surface area contributed by atoms with Crippen molar-refractivity contribution in [3.05, 3.63) is 0 Å². The van der Waals surface area contributed by atoms with E-state index in [1.54, 1.807) is 0 Å². The summed E-state index contributed by atoms with van der Waals surface area (Å²) in [5.41, 5.74) is -0.0895. The lowest BCUT2D eigenvalue weighted by molar-refractivity contribution is -0.111. The lowest BCUT2D eigenvalue weighted by atomic mass is 9.87. The van der Waals surface area contributed by atoms with E-state index in [4.69, 9.17) is 0 Å². The Morgan fingerprint density at radius 2 is 1.67 bits per heavy atom. The molecule has 72 valence electrons. The molecule has 0 unspecified atom stereocenters. The number of amides is 1. The number of hydrogen-bond acceptors (Lipinski definition) is 2. The zero-order chi connectivity index (χ0) is 9.83. The Labute approximate surface area is 74.9 Å². The van der Waals surface area contributed by atoms with Gasteiger partial charge in [-0.15, -0.1) is 0 Å². The van der Waals surface area contributed by atoms with Crippen LogP contribution >= 0.6 is 0 Å². The van der Waals surface area contributed by atoms with Gasteiger partial charge in [-0.1, -0.05) is 0 Å². The molecule has 0 heterocycles. The average Bonchev–Trinajstić information content (AvgIpc) is 1.85. The maximum atomic E-state index is 10.3. The zero-order valence-electron chi connectivity index (χ0n) is 8.69. The summed E-state index contributed by atoms with van der Waals surface area (Å²) >= 11 is 0. The highest BCUT2D eigenvalue weighted by Gasteiger charge is 2.26. The lowest BCUT2D eigenvalue weighted by Crippen LogP contribution is -2.49. The van der Waals surface area contributed by atoms with Crippen molar-refractivity contribution in [3.63, 3.8) is 0 Å². The molecular formula is C9H20N2O. The normalized spacial score (nSPS) is 12.8. The quantitative estimate of drug-likeness (QED) is 0.605. The molecule has 0 saturated carbocycles. The molecule has 0 aromatic rings. The highest BCUT2D eigenvalue weighted by atomic mass is 16.1. The second-order valence-electron chi connectivity index (χ2n) is 4.46. The third-order valence-corrected chi connectivity index (χ3v) is 2.01. The number of nitrogens with one attached hydrogen (secondary N) is 2. The SMILES string of the molecule is CNC(C)(C)CC(C)(C)NC=O. The largest absolute Gasteiger partial charge is 0.354 e. The summed E-state index contributed by atoms with van der Waals surface area (Å²) in [6.45, 7) is 8.25. The first kappa shape index (κ1) is 11.4. The monoisotopic (exact) mass is 172 g/mol. The van der Waals surface area contributed by atoms with Gasteiger partial charge >= 0.3 is 0 Å². The molecule has 0 aliphatic rings. The summed E-state index contributed by atoms with van der Waals surface area (Å²) < 4.78 is 0. The van der Waals surface area contributed by atoms with Crippen LogP contribution in [0.15, 0.2) is 0 Å². The number of rotatable bonds is 5. The van der Waals surface area contributed by atoms with Crippen molar-refractivity contribution >= 4 is 6.41 Å². The minimum absolute atomic E-state index is 0.0551. The standard InChI is InChI=1S/C9H20N2O/c1-8(2,10-5)6-9(3,4)11-7-12/h7,10H,6H2,1-5H3,(H,11,12). The van der Waals surface area contributed by atoms with Crippen molar-refractivity contribution in [1.82, 2.24) is 10.6 Å². The summed E-state index contributed by atoms with van der Waals surface area (Å²) in [7, 11) is 1.93. The van der Waals surface area contributed by atoms with Crippen molar-refractivity contribution < 1.29 is 4.79 Å². The van der Waals surface area contributed by atoms with Crippen LogP contribution in [0.4, 0.5) is 0 Å². The van der Waals surface area contributed by atoms with Crippen LogP contribution in [0.5, 0.6) is 0 Å². The Hall–Kier alpha value is -0.570. The van der Waals surface area contributed by atoms with Crippen LogP contribution in [-0.2, 0) is 4.79 Å². The first-order chi connectivity index (χ1) is 5.33. The van der Waals surface area contributed by atoms with Gasteiger partial charge in [-0.25, -0.2) is 0 Å². The molecule has 0 radical (unpaired) electrons. The molecule has 0 atom stereocenters. The minimum Gasteiger partial charge on any atom is -0.354 e. The lowest BCUT2D eigenvalue weighted by Gasteiger charge is -2.34. The van der Waals surface area contributed by atoms with E-state index in [9.17, 15) is 4.79 Å².